The Hall–Kier alpha value is -1.45. The van der Waals surface area contributed by atoms with Gasteiger partial charge in [0.15, 0.2) is 0 Å². The second-order valence-corrected chi connectivity index (χ2v) is 3.06. The van der Waals surface area contributed by atoms with E-state index in [1.165, 1.54) is 13.6 Å². The molecule has 0 heterocycles. The molecule has 0 aliphatic heterocycles. The van der Waals surface area contributed by atoms with E-state index in [0.717, 1.165) is 18.5 Å². The summed E-state index contributed by atoms with van der Waals surface area (Å²) in [7, 11) is 1.35. The monoisotopic (exact) mass is 191 g/mol. The molecule has 0 unspecified atom stereocenters. The van der Waals surface area contributed by atoms with Crippen molar-refractivity contribution in [2.45, 2.75) is 19.8 Å². The zero-order chi connectivity index (χ0) is 10.4. The third kappa shape index (κ3) is 3.13. The van der Waals surface area contributed by atoms with Gasteiger partial charge in [-0.15, -0.1) is 0 Å². The van der Waals surface area contributed by atoms with Crippen molar-refractivity contribution in [2.24, 2.45) is 0 Å². The molecular weight excluding hydrogens is 177 g/mol. The molecule has 1 aromatic carbocycles. The fourth-order valence-corrected chi connectivity index (χ4v) is 1.21. The number of rotatable bonds is 3. The van der Waals surface area contributed by atoms with Gasteiger partial charge in [0.25, 0.3) is 0 Å². The van der Waals surface area contributed by atoms with Crippen LogP contribution < -0.4 is 5.32 Å². The predicted molar refractivity (Wildman–Crippen MR) is 59.1 cm³/mol. The number of amides is 1. The van der Waals surface area contributed by atoms with Gasteiger partial charge in [0.05, 0.1) is 0 Å². The number of aryl methyl sites for hydroxylation is 1. The van der Waals surface area contributed by atoms with E-state index in [2.05, 4.69) is 16.9 Å². The summed E-state index contributed by atoms with van der Waals surface area (Å²) < 4.78 is 4.48. The van der Waals surface area contributed by atoms with E-state index in [0.29, 0.717) is 0 Å². The fourth-order valence-electron chi connectivity index (χ4n) is 1.21. The Bertz CT molecular complexity index is 297. The van der Waals surface area contributed by atoms with Gasteiger partial charge >= 0.3 is 14.1 Å². The molecule has 14 heavy (non-hydrogen) atoms. The van der Waals surface area contributed by atoms with Crippen LogP contribution in [-0.4, -0.2) is 14.1 Å². The van der Waals surface area contributed by atoms with E-state index in [1.807, 2.05) is 24.3 Å². The lowest BCUT2D eigenvalue weighted by Gasteiger charge is -2.04. The lowest BCUT2D eigenvalue weighted by Crippen LogP contribution is -2.11. The average molecular weight is 191 g/mol. The lowest BCUT2D eigenvalue weighted by molar-refractivity contribution is 0.219. The number of nitrogens with one attached hydrogen (secondary N) is 1. The van der Waals surface area contributed by atoms with Gasteiger partial charge in [0.1, 0.15) is 0 Å². The third-order valence-corrected chi connectivity index (χ3v) is 1.92. The summed E-state index contributed by atoms with van der Waals surface area (Å²) in [5.41, 5.74) is 2.04. The molecule has 0 bridgehead atoms. The summed E-state index contributed by atoms with van der Waals surface area (Å²) in [5, 5.41) is 2.60. The van der Waals surface area contributed by atoms with Gasteiger partial charge in [-0.2, -0.15) is 0 Å². The lowest BCUT2D eigenvalue weighted by atomic mass is 10.1. The first-order valence-corrected chi connectivity index (χ1v) is 4.70. The number of carbonyl (C=O) groups is 1. The van der Waals surface area contributed by atoms with Crippen molar-refractivity contribution in [1.29, 1.82) is 0 Å². The SMILES string of the molecule is BOC(=O)Nc1ccc(CCC)cc1. The van der Waals surface area contributed by atoms with Crippen LogP contribution in [0.4, 0.5) is 10.5 Å². The highest BCUT2D eigenvalue weighted by Crippen LogP contribution is 2.10. The standard InChI is InChI=1S/C10H14BNO2/c1-2-3-8-4-6-9(7-5-8)12-10(13)14-11/h4-7H,2-3,11H2,1H3,(H,12,13). The van der Waals surface area contributed by atoms with Crippen LogP contribution in [0.25, 0.3) is 0 Å². The smallest absolute Gasteiger partial charge is 0.393 e. The maximum atomic E-state index is 10.9. The van der Waals surface area contributed by atoms with Crippen LogP contribution in [0.1, 0.15) is 18.9 Å². The van der Waals surface area contributed by atoms with Crippen LogP contribution in [0.2, 0.25) is 0 Å². The molecule has 74 valence electrons. The minimum atomic E-state index is -0.437. The molecule has 0 fully saturated rings. The van der Waals surface area contributed by atoms with Crippen molar-refractivity contribution in [2.75, 3.05) is 5.32 Å². The fraction of sp³-hybridized carbons (Fsp3) is 0.300. The number of benzene rings is 1. The van der Waals surface area contributed by atoms with Gasteiger partial charge in [-0.3, -0.25) is 5.32 Å². The maximum Gasteiger partial charge on any atom is 0.393 e. The van der Waals surface area contributed by atoms with Gasteiger partial charge in [0, 0.05) is 5.69 Å². The summed E-state index contributed by atoms with van der Waals surface area (Å²) in [6, 6.07) is 7.77. The van der Waals surface area contributed by atoms with Crippen LogP contribution in [0.3, 0.4) is 0 Å². The van der Waals surface area contributed by atoms with Crippen LogP contribution in [0.5, 0.6) is 0 Å². The van der Waals surface area contributed by atoms with Gasteiger partial charge in [0.2, 0.25) is 0 Å². The van der Waals surface area contributed by atoms with Crippen LogP contribution in [0, 0.1) is 0 Å². The number of carbonyl (C=O) groups excluding carboxylic acids is 1. The van der Waals surface area contributed by atoms with E-state index in [-0.39, 0.29) is 0 Å². The van der Waals surface area contributed by atoms with Crippen molar-refractivity contribution >= 4 is 19.8 Å². The quantitative estimate of drug-likeness (QED) is 0.738. The first kappa shape index (κ1) is 10.6. The van der Waals surface area contributed by atoms with E-state index in [9.17, 15) is 4.79 Å². The maximum absolute atomic E-state index is 10.9. The largest absolute Gasteiger partial charge is 0.528 e. The van der Waals surface area contributed by atoms with Crippen LogP contribution in [0.15, 0.2) is 24.3 Å². The van der Waals surface area contributed by atoms with Gasteiger partial charge in [-0.1, -0.05) is 25.5 Å². The summed E-state index contributed by atoms with van der Waals surface area (Å²) in [5.74, 6) is 0. The highest BCUT2D eigenvalue weighted by Gasteiger charge is 1.98. The molecule has 0 saturated heterocycles. The molecule has 4 heteroatoms. The number of anilines is 1. The Morgan fingerprint density at radius 2 is 2.07 bits per heavy atom. The molecular formula is C10H14BNO2. The van der Waals surface area contributed by atoms with E-state index < -0.39 is 6.09 Å². The average Bonchev–Trinajstić information content (AvgIpc) is 2.21. The Kier molecular flexibility index (Phi) is 4.04. The van der Waals surface area contributed by atoms with Gasteiger partial charge in [-0.25, -0.2) is 4.79 Å². The summed E-state index contributed by atoms with van der Waals surface area (Å²) >= 11 is 0. The third-order valence-electron chi connectivity index (χ3n) is 1.92. The Morgan fingerprint density at radius 3 is 2.57 bits per heavy atom. The first-order chi connectivity index (χ1) is 6.76. The highest BCUT2D eigenvalue weighted by molar-refractivity contribution is 6.07. The van der Waals surface area contributed by atoms with Gasteiger partial charge in [-0.05, 0) is 24.1 Å². The Morgan fingerprint density at radius 1 is 1.43 bits per heavy atom. The molecule has 0 atom stereocenters. The molecule has 0 radical (unpaired) electrons. The van der Waals surface area contributed by atoms with E-state index in [1.54, 1.807) is 0 Å². The summed E-state index contributed by atoms with van der Waals surface area (Å²) in [4.78, 5) is 10.9. The molecule has 0 aliphatic rings. The second-order valence-electron chi connectivity index (χ2n) is 3.06. The molecule has 3 nitrogen and oxygen atoms in total. The normalized spacial score (nSPS) is 9.50. The number of hydrogen-bond donors (Lipinski definition) is 1. The second kappa shape index (κ2) is 5.32. The molecule has 1 rings (SSSR count). The zero-order valence-electron chi connectivity index (χ0n) is 8.54. The predicted octanol–water partition coefficient (Wildman–Crippen LogP) is 1.74. The Labute approximate surface area is 84.9 Å². The van der Waals surface area contributed by atoms with Crippen molar-refractivity contribution in [3.8, 4) is 0 Å². The zero-order valence-corrected chi connectivity index (χ0v) is 8.54. The van der Waals surface area contributed by atoms with Crippen LogP contribution in [-0.2, 0) is 11.1 Å². The minimum absolute atomic E-state index is 0.437. The molecule has 1 aromatic rings. The van der Waals surface area contributed by atoms with Crippen molar-refractivity contribution in [3.63, 3.8) is 0 Å². The van der Waals surface area contributed by atoms with Crippen molar-refractivity contribution in [1.82, 2.24) is 0 Å². The van der Waals surface area contributed by atoms with Crippen LogP contribution >= 0.6 is 0 Å². The summed E-state index contributed by atoms with van der Waals surface area (Å²) in [6.45, 7) is 2.14. The Balaban J connectivity index is 2.59. The molecule has 0 spiro atoms. The van der Waals surface area contributed by atoms with Crippen molar-refractivity contribution < 1.29 is 9.45 Å². The summed E-state index contributed by atoms with van der Waals surface area (Å²) in [6.07, 6.45) is 1.76. The molecule has 0 aliphatic carbocycles. The van der Waals surface area contributed by atoms with E-state index >= 15 is 0 Å². The van der Waals surface area contributed by atoms with Crippen molar-refractivity contribution in [3.05, 3.63) is 29.8 Å². The molecule has 1 amide bonds. The van der Waals surface area contributed by atoms with Gasteiger partial charge < -0.3 is 4.65 Å². The highest BCUT2D eigenvalue weighted by atomic mass is 16.5. The minimum Gasteiger partial charge on any atom is -0.528 e. The topological polar surface area (TPSA) is 38.3 Å². The van der Waals surface area contributed by atoms with E-state index in [4.69, 9.17) is 0 Å². The molecule has 0 saturated carbocycles. The first-order valence-electron chi connectivity index (χ1n) is 4.70. The number of hydrogen-bond acceptors (Lipinski definition) is 2. The molecule has 1 N–H and O–H groups in total. The molecule has 0 aromatic heterocycles.